The molecule has 0 bridgehead atoms. The Morgan fingerprint density at radius 3 is 2.38 bits per heavy atom. The lowest BCUT2D eigenvalue weighted by atomic mass is 10.1. The normalized spacial score (nSPS) is 16.8. The number of piperidine rings is 1. The average Bonchev–Trinajstić information content (AvgIpc) is 2.18. The van der Waals surface area contributed by atoms with Gasteiger partial charge in [0.25, 0.3) is 0 Å². The summed E-state index contributed by atoms with van der Waals surface area (Å²) in [6.07, 6.45) is 3.13. The van der Waals surface area contributed by atoms with Crippen molar-refractivity contribution in [2.24, 2.45) is 0 Å². The zero-order valence-corrected chi connectivity index (χ0v) is 7.91. The fourth-order valence-electron chi connectivity index (χ4n) is 1.42. The Balaban J connectivity index is 2.40. The molecule has 0 saturated carbocycles. The van der Waals surface area contributed by atoms with Crippen LogP contribution in [0, 0.1) is 0 Å². The molecule has 0 N–H and O–H groups in total. The van der Waals surface area contributed by atoms with Crippen LogP contribution in [0.2, 0.25) is 0 Å². The molecule has 0 unspecified atom stereocenters. The molecule has 1 fully saturated rings. The van der Waals surface area contributed by atoms with Gasteiger partial charge in [-0.05, 0) is 26.2 Å². The molecule has 0 spiro atoms. The van der Waals surface area contributed by atoms with E-state index in [0.717, 1.165) is 19.3 Å². The lowest BCUT2D eigenvalue weighted by Crippen LogP contribution is -2.40. The largest absolute Gasteiger partial charge is 0.459 e. The van der Waals surface area contributed by atoms with Crippen molar-refractivity contribution in [1.29, 1.82) is 0 Å². The molecule has 1 saturated heterocycles. The van der Waals surface area contributed by atoms with Gasteiger partial charge in [0.05, 0.1) is 6.61 Å². The number of ether oxygens (including phenoxy) is 1. The molecule has 13 heavy (non-hydrogen) atoms. The summed E-state index contributed by atoms with van der Waals surface area (Å²) in [6.45, 7) is 3.34. The van der Waals surface area contributed by atoms with Crippen molar-refractivity contribution >= 4 is 11.9 Å². The van der Waals surface area contributed by atoms with E-state index in [4.69, 9.17) is 0 Å². The van der Waals surface area contributed by atoms with Gasteiger partial charge in [-0.15, -0.1) is 0 Å². The molecule has 0 aromatic carbocycles. The van der Waals surface area contributed by atoms with Gasteiger partial charge in [-0.2, -0.15) is 0 Å². The molecule has 0 atom stereocenters. The summed E-state index contributed by atoms with van der Waals surface area (Å²) in [7, 11) is 0. The van der Waals surface area contributed by atoms with E-state index in [9.17, 15) is 9.59 Å². The number of likely N-dealkylation sites (tertiary alicyclic amines) is 1. The van der Waals surface area contributed by atoms with Crippen molar-refractivity contribution in [1.82, 2.24) is 4.90 Å². The summed E-state index contributed by atoms with van der Waals surface area (Å²) in [5, 5.41) is 0. The second kappa shape index (κ2) is 4.84. The van der Waals surface area contributed by atoms with Crippen molar-refractivity contribution in [3.63, 3.8) is 0 Å². The minimum atomic E-state index is -0.718. The van der Waals surface area contributed by atoms with Crippen LogP contribution in [0.4, 0.5) is 0 Å². The van der Waals surface area contributed by atoms with Crippen LogP contribution in [-0.4, -0.2) is 36.5 Å². The molecule has 1 amide bonds. The summed E-state index contributed by atoms with van der Waals surface area (Å²) in [6, 6.07) is 0. The lowest BCUT2D eigenvalue weighted by molar-refractivity contribution is -0.160. The van der Waals surface area contributed by atoms with E-state index < -0.39 is 11.9 Å². The Hall–Kier alpha value is -1.06. The van der Waals surface area contributed by atoms with E-state index in [2.05, 4.69) is 4.74 Å². The molecule has 1 aliphatic heterocycles. The maximum Gasteiger partial charge on any atom is 0.397 e. The Morgan fingerprint density at radius 2 is 1.85 bits per heavy atom. The molecular formula is C9H15NO3. The summed E-state index contributed by atoms with van der Waals surface area (Å²) >= 11 is 0. The standard InChI is InChI=1S/C9H15NO3/c1-2-13-9(12)8(11)10-6-4-3-5-7-10/h2-7H2,1H3. The zero-order valence-electron chi connectivity index (χ0n) is 7.91. The van der Waals surface area contributed by atoms with Crippen LogP contribution in [0.3, 0.4) is 0 Å². The van der Waals surface area contributed by atoms with Crippen molar-refractivity contribution in [3.05, 3.63) is 0 Å². The molecule has 1 aliphatic rings. The van der Waals surface area contributed by atoms with E-state index in [1.54, 1.807) is 11.8 Å². The van der Waals surface area contributed by atoms with Gasteiger partial charge in [0.1, 0.15) is 0 Å². The molecule has 4 nitrogen and oxygen atoms in total. The third-order valence-electron chi connectivity index (χ3n) is 2.09. The van der Waals surface area contributed by atoms with Gasteiger partial charge in [0, 0.05) is 13.1 Å². The highest BCUT2D eigenvalue weighted by molar-refractivity contribution is 6.32. The lowest BCUT2D eigenvalue weighted by Gasteiger charge is -2.25. The SMILES string of the molecule is CCOC(=O)C(=O)N1CCCCC1. The predicted octanol–water partition coefficient (Wildman–Crippen LogP) is 0.562. The van der Waals surface area contributed by atoms with E-state index in [1.807, 2.05) is 0 Å². The summed E-state index contributed by atoms with van der Waals surface area (Å²) < 4.78 is 4.63. The Bertz CT molecular complexity index is 197. The summed E-state index contributed by atoms with van der Waals surface area (Å²) in [5.74, 6) is -1.20. The monoisotopic (exact) mass is 185 g/mol. The van der Waals surface area contributed by atoms with Crippen LogP contribution in [-0.2, 0) is 14.3 Å². The molecule has 0 aromatic heterocycles. The molecule has 1 rings (SSSR count). The van der Waals surface area contributed by atoms with Crippen molar-refractivity contribution in [2.45, 2.75) is 26.2 Å². The Labute approximate surface area is 77.8 Å². The van der Waals surface area contributed by atoms with Gasteiger partial charge < -0.3 is 9.64 Å². The smallest absolute Gasteiger partial charge is 0.397 e. The predicted molar refractivity (Wildman–Crippen MR) is 47.1 cm³/mol. The van der Waals surface area contributed by atoms with Gasteiger partial charge in [-0.1, -0.05) is 0 Å². The van der Waals surface area contributed by atoms with Crippen LogP contribution in [0.25, 0.3) is 0 Å². The second-order valence-electron chi connectivity index (χ2n) is 3.07. The van der Waals surface area contributed by atoms with Crippen LogP contribution in [0.5, 0.6) is 0 Å². The number of nitrogens with zero attached hydrogens (tertiary/aromatic N) is 1. The molecule has 74 valence electrons. The number of hydrogen-bond donors (Lipinski definition) is 0. The Morgan fingerprint density at radius 1 is 1.23 bits per heavy atom. The highest BCUT2D eigenvalue weighted by Crippen LogP contribution is 2.08. The van der Waals surface area contributed by atoms with E-state index >= 15 is 0 Å². The van der Waals surface area contributed by atoms with E-state index in [0.29, 0.717) is 13.1 Å². The maximum absolute atomic E-state index is 11.3. The number of amides is 1. The molecular weight excluding hydrogens is 170 g/mol. The first-order valence-corrected chi connectivity index (χ1v) is 4.71. The third-order valence-corrected chi connectivity index (χ3v) is 2.09. The van der Waals surface area contributed by atoms with Gasteiger partial charge in [-0.25, -0.2) is 4.79 Å². The van der Waals surface area contributed by atoms with Crippen molar-refractivity contribution in [3.8, 4) is 0 Å². The van der Waals surface area contributed by atoms with Gasteiger partial charge >= 0.3 is 11.9 Å². The van der Waals surface area contributed by atoms with E-state index in [-0.39, 0.29) is 6.61 Å². The quantitative estimate of drug-likeness (QED) is 0.443. The zero-order chi connectivity index (χ0) is 9.68. The minimum absolute atomic E-state index is 0.262. The molecule has 4 heteroatoms. The fourth-order valence-corrected chi connectivity index (χ4v) is 1.42. The first kappa shape index (κ1) is 10.0. The number of rotatable bonds is 1. The molecule has 0 aromatic rings. The van der Waals surface area contributed by atoms with Gasteiger partial charge in [0.15, 0.2) is 0 Å². The minimum Gasteiger partial charge on any atom is -0.459 e. The van der Waals surface area contributed by atoms with Crippen molar-refractivity contribution in [2.75, 3.05) is 19.7 Å². The average molecular weight is 185 g/mol. The number of carbonyl (C=O) groups is 2. The van der Waals surface area contributed by atoms with Crippen molar-refractivity contribution < 1.29 is 14.3 Å². The summed E-state index contributed by atoms with van der Waals surface area (Å²) in [4.78, 5) is 23.9. The van der Waals surface area contributed by atoms with Crippen LogP contribution >= 0.6 is 0 Å². The molecule has 0 radical (unpaired) electrons. The Kier molecular flexibility index (Phi) is 3.73. The molecule has 0 aliphatic carbocycles. The van der Waals surface area contributed by atoms with Gasteiger partial charge in [0.2, 0.25) is 0 Å². The van der Waals surface area contributed by atoms with Crippen LogP contribution in [0.1, 0.15) is 26.2 Å². The second-order valence-corrected chi connectivity index (χ2v) is 3.07. The highest BCUT2D eigenvalue weighted by Gasteiger charge is 2.23. The fraction of sp³-hybridized carbons (Fsp3) is 0.778. The first-order valence-electron chi connectivity index (χ1n) is 4.71. The third kappa shape index (κ3) is 2.72. The molecule has 1 heterocycles. The number of carbonyl (C=O) groups excluding carboxylic acids is 2. The van der Waals surface area contributed by atoms with Crippen LogP contribution in [0.15, 0.2) is 0 Å². The maximum atomic E-state index is 11.3. The number of esters is 1. The van der Waals surface area contributed by atoms with Crippen LogP contribution < -0.4 is 0 Å². The topological polar surface area (TPSA) is 46.6 Å². The summed E-state index contributed by atoms with van der Waals surface area (Å²) in [5.41, 5.74) is 0. The van der Waals surface area contributed by atoms with Gasteiger partial charge in [-0.3, -0.25) is 4.79 Å². The highest BCUT2D eigenvalue weighted by atomic mass is 16.5. The van der Waals surface area contributed by atoms with E-state index in [1.165, 1.54) is 0 Å². The first-order chi connectivity index (χ1) is 6.25. The number of hydrogen-bond acceptors (Lipinski definition) is 3.